The van der Waals surface area contributed by atoms with Gasteiger partial charge in [0.15, 0.2) is 0 Å². The third-order valence-electron chi connectivity index (χ3n) is 2.35. The van der Waals surface area contributed by atoms with E-state index in [1.165, 1.54) is 17.8 Å². The van der Waals surface area contributed by atoms with E-state index in [9.17, 15) is 4.39 Å². The maximum Gasteiger partial charge on any atom is 0.129 e. The van der Waals surface area contributed by atoms with Crippen LogP contribution in [-0.2, 0) is 5.75 Å². The van der Waals surface area contributed by atoms with Crippen LogP contribution in [0, 0.1) is 5.82 Å². The Bertz CT molecular complexity index is 493. The summed E-state index contributed by atoms with van der Waals surface area (Å²) in [4.78, 5) is 1.04. The van der Waals surface area contributed by atoms with E-state index in [2.05, 4.69) is 0 Å². The smallest absolute Gasteiger partial charge is 0.129 e. The summed E-state index contributed by atoms with van der Waals surface area (Å²) in [6.07, 6.45) is 0. The van der Waals surface area contributed by atoms with Crippen LogP contribution in [0.25, 0.3) is 0 Å². The lowest BCUT2D eigenvalue weighted by Crippen LogP contribution is -1.95. The molecule has 0 unspecified atom stereocenters. The fourth-order valence-corrected chi connectivity index (χ4v) is 2.48. The van der Waals surface area contributed by atoms with Gasteiger partial charge in [-0.1, -0.05) is 17.7 Å². The number of hydrogen-bond donors (Lipinski definition) is 1. The predicted octanol–water partition coefficient (Wildman–Crippen LogP) is 4.35. The lowest BCUT2D eigenvalue weighted by atomic mass is 10.2. The first kappa shape index (κ1) is 12.3. The number of anilines is 1. The standard InChI is InChI=1S/C13H11ClFNS/c14-9-4-6-10(7-5-9)17-8-11-12(15)2-1-3-13(11)16/h1-7H,8,16H2. The molecule has 0 heterocycles. The van der Waals surface area contributed by atoms with Gasteiger partial charge in [-0.15, -0.1) is 11.8 Å². The van der Waals surface area contributed by atoms with Gasteiger partial charge in [0.05, 0.1) is 0 Å². The quantitative estimate of drug-likeness (QED) is 0.661. The SMILES string of the molecule is Nc1cccc(F)c1CSc1ccc(Cl)cc1. The van der Waals surface area contributed by atoms with Crippen molar-refractivity contribution >= 4 is 29.1 Å². The molecule has 0 saturated carbocycles. The topological polar surface area (TPSA) is 26.0 Å². The van der Waals surface area contributed by atoms with E-state index < -0.39 is 0 Å². The van der Waals surface area contributed by atoms with Crippen LogP contribution in [0.3, 0.4) is 0 Å². The highest BCUT2D eigenvalue weighted by Crippen LogP contribution is 2.27. The molecule has 0 radical (unpaired) electrons. The van der Waals surface area contributed by atoms with Crippen molar-refractivity contribution in [2.24, 2.45) is 0 Å². The van der Waals surface area contributed by atoms with Gasteiger partial charge in [-0.25, -0.2) is 4.39 Å². The van der Waals surface area contributed by atoms with Crippen LogP contribution in [-0.4, -0.2) is 0 Å². The summed E-state index contributed by atoms with van der Waals surface area (Å²) < 4.78 is 13.5. The minimum atomic E-state index is -0.258. The molecular formula is C13H11ClFNS. The molecule has 0 bridgehead atoms. The van der Waals surface area contributed by atoms with E-state index in [-0.39, 0.29) is 5.82 Å². The highest BCUT2D eigenvalue weighted by Gasteiger charge is 2.06. The number of hydrogen-bond acceptors (Lipinski definition) is 2. The maximum atomic E-state index is 13.5. The molecule has 0 aliphatic rings. The number of nitrogens with two attached hydrogens (primary N) is 1. The molecule has 0 aliphatic heterocycles. The molecule has 0 saturated heterocycles. The summed E-state index contributed by atoms with van der Waals surface area (Å²) in [5.74, 6) is 0.256. The third-order valence-corrected chi connectivity index (χ3v) is 3.64. The molecule has 0 aromatic heterocycles. The fourth-order valence-electron chi connectivity index (χ4n) is 1.41. The van der Waals surface area contributed by atoms with Gasteiger partial charge in [-0.2, -0.15) is 0 Å². The number of thioether (sulfide) groups is 1. The number of halogens is 2. The summed E-state index contributed by atoms with van der Waals surface area (Å²) in [6, 6.07) is 12.2. The van der Waals surface area contributed by atoms with E-state index in [1.807, 2.05) is 24.3 Å². The summed E-state index contributed by atoms with van der Waals surface area (Å²) in [5, 5.41) is 0.694. The van der Waals surface area contributed by atoms with Crippen molar-refractivity contribution in [2.45, 2.75) is 10.6 Å². The molecule has 4 heteroatoms. The molecule has 0 spiro atoms. The van der Waals surface area contributed by atoms with Crippen LogP contribution in [0.1, 0.15) is 5.56 Å². The average Bonchev–Trinajstić information content (AvgIpc) is 2.31. The predicted molar refractivity (Wildman–Crippen MR) is 71.8 cm³/mol. The first-order valence-electron chi connectivity index (χ1n) is 5.08. The van der Waals surface area contributed by atoms with Crippen molar-refractivity contribution in [3.05, 3.63) is 58.9 Å². The largest absolute Gasteiger partial charge is 0.398 e. The minimum absolute atomic E-state index is 0.258. The molecule has 0 fully saturated rings. The zero-order chi connectivity index (χ0) is 12.3. The van der Waals surface area contributed by atoms with Crippen molar-refractivity contribution in [1.82, 2.24) is 0 Å². The van der Waals surface area contributed by atoms with Crippen molar-refractivity contribution in [1.29, 1.82) is 0 Å². The highest BCUT2D eigenvalue weighted by atomic mass is 35.5. The number of benzene rings is 2. The molecule has 2 aromatic carbocycles. The van der Waals surface area contributed by atoms with E-state index in [0.717, 1.165) is 4.90 Å². The van der Waals surface area contributed by atoms with Crippen molar-refractivity contribution < 1.29 is 4.39 Å². The molecule has 0 atom stereocenters. The summed E-state index contributed by atoms with van der Waals surface area (Å²) in [7, 11) is 0. The Labute approximate surface area is 109 Å². The lowest BCUT2D eigenvalue weighted by Gasteiger charge is -2.06. The molecular weight excluding hydrogens is 257 g/mol. The number of nitrogen functional groups attached to an aromatic ring is 1. The van der Waals surface area contributed by atoms with Crippen molar-refractivity contribution in [3.8, 4) is 0 Å². The third kappa shape index (κ3) is 3.14. The van der Waals surface area contributed by atoms with E-state index in [1.54, 1.807) is 12.1 Å². The zero-order valence-electron chi connectivity index (χ0n) is 8.99. The molecule has 2 rings (SSSR count). The number of rotatable bonds is 3. The summed E-state index contributed by atoms with van der Waals surface area (Å²) in [6.45, 7) is 0. The zero-order valence-corrected chi connectivity index (χ0v) is 10.6. The van der Waals surface area contributed by atoms with Crippen LogP contribution < -0.4 is 5.73 Å². The van der Waals surface area contributed by atoms with Gasteiger partial charge < -0.3 is 5.73 Å². The molecule has 88 valence electrons. The first-order chi connectivity index (χ1) is 8.16. The van der Waals surface area contributed by atoms with Gasteiger partial charge in [0.2, 0.25) is 0 Å². The Morgan fingerprint density at radius 2 is 1.82 bits per heavy atom. The average molecular weight is 268 g/mol. The van der Waals surface area contributed by atoms with Crippen LogP contribution in [0.5, 0.6) is 0 Å². The van der Waals surface area contributed by atoms with Gasteiger partial charge in [0, 0.05) is 26.9 Å². The van der Waals surface area contributed by atoms with Gasteiger partial charge in [-0.05, 0) is 36.4 Å². The molecule has 1 nitrogen and oxygen atoms in total. The highest BCUT2D eigenvalue weighted by molar-refractivity contribution is 7.98. The molecule has 0 amide bonds. The van der Waals surface area contributed by atoms with Gasteiger partial charge in [0.25, 0.3) is 0 Å². The minimum Gasteiger partial charge on any atom is -0.398 e. The molecule has 0 aliphatic carbocycles. The van der Waals surface area contributed by atoms with Crippen LogP contribution in [0.4, 0.5) is 10.1 Å². The van der Waals surface area contributed by atoms with Crippen LogP contribution >= 0.6 is 23.4 Å². The monoisotopic (exact) mass is 267 g/mol. The normalized spacial score (nSPS) is 10.5. The van der Waals surface area contributed by atoms with Gasteiger partial charge in [-0.3, -0.25) is 0 Å². The fraction of sp³-hybridized carbons (Fsp3) is 0.0769. The second kappa shape index (κ2) is 5.43. The maximum absolute atomic E-state index is 13.5. The Balaban J connectivity index is 2.10. The van der Waals surface area contributed by atoms with E-state index >= 15 is 0 Å². The summed E-state index contributed by atoms with van der Waals surface area (Å²) in [5.41, 5.74) is 6.78. The second-order valence-corrected chi connectivity index (χ2v) is 5.04. The lowest BCUT2D eigenvalue weighted by molar-refractivity contribution is 0.618. The Morgan fingerprint density at radius 1 is 1.12 bits per heavy atom. The molecule has 2 N–H and O–H groups in total. The van der Waals surface area contributed by atoms with Crippen molar-refractivity contribution in [3.63, 3.8) is 0 Å². The Hall–Kier alpha value is -1.19. The molecule has 17 heavy (non-hydrogen) atoms. The van der Waals surface area contributed by atoms with E-state index in [0.29, 0.717) is 22.0 Å². The van der Waals surface area contributed by atoms with Crippen LogP contribution in [0.15, 0.2) is 47.4 Å². The van der Waals surface area contributed by atoms with Crippen LogP contribution in [0.2, 0.25) is 5.02 Å². The summed E-state index contributed by atoms with van der Waals surface area (Å²) >= 11 is 7.32. The Morgan fingerprint density at radius 3 is 2.47 bits per heavy atom. The van der Waals surface area contributed by atoms with Gasteiger partial charge in [0.1, 0.15) is 5.82 Å². The second-order valence-electron chi connectivity index (χ2n) is 3.55. The van der Waals surface area contributed by atoms with Crippen molar-refractivity contribution in [2.75, 3.05) is 5.73 Å². The first-order valence-corrected chi connectivity index (χ1v) is 6.44. The Kier molecular flexibility index (Phi) is 3.92. The van der Waals surface area contributed by atoms with E-state index in [4.69, 9.17) is 17.3 Å². The molecule has 2 aromatic rings. The van der Waals surface area contributed by atoms with Gasteiger partial charge >= 0.3 is 0 Å².